The fourth-order valence-electron chi connectivity index (χ4n) is 3.86. The Morgan fingerprint density at radius 1 is 0.862 bits per heavy atom. The molecule has 1 aliphatic rings. The number of allylic oxidation sites excluding steroid dienone is 5. The van der Waals surface area contributed by atoms with Crippen LogP contribution in [0.25, 0.3) is 6.08 Å². The molecular weight excluding hydrogens is 356 g/mol. The lowest BCUT2D eigenvalue weighted by Gasteiger charge is -2.29. The first-order valence-electron chi connectivity index (χ1n) is 10.7. The number of phenolic OH excluding ortho intramolecular Hbond substituents is 1. The van der Waals surface area contributed by atoms with E-state index in [2.05, 4.69) is 87.5 Å². The Hall–Kier alpha value is -2.09. The van der Waals surface area contributed by atoms with Crippen molar-refractivity contribution >= 4 is 11.9 Å². The van der Waals surface area contributed by atoms with Gasteiger partial charge in [-0.1, -0.05) is 69.2 Å². The molecule has 0 amide bonds. The highest BCUT2D eigenvalue weighted by Crippen LogP contribution is 2.40. The van der Waals surface area contributed by atoms with Crippen LogP contribution in [0.1, 0.15) is 91.8 Å². The van der Waals surface area contributed by atoms with Crippen molar-refractivity contribution in [2.75, 3.05) is 0 Å². The highest BCUT2D eigenvalue weighted by molar-refractivity contribution is 6.08. The van der Waals surface area contributed by atoms with Gasteiger partial charge in [0.15, 0.2) is 5.78 Å². The minimum atomic E-state index is -0.139. The molecule has 29 heavy (non-hydrogen) atoms. The van der Waals surface area contributed by atoms with E-state index in [0.717, 1.165) is 33.4 Å². The van der Waals surface area contributed by atoms with Crippen molar-refractivity contribution < 1.29 is 9.90 Å². The van der Waals surface area contributed by atoms with Gasteiger partial charge >= 0.3 is 0 Å². The number of carbonyl (C=O) groups excluding carboxylic acids is 1. The Kier molecular flexibility index (Phi) is 6.37. The van der Waals surface area contributed by atoms with Gasteiger partial charge in [0.05, 0.1) is 0 Å². The minimum Gasteiger partial charge on any atom is -0.508 e. The van der Waals surface area contributed by atoms with Gasteiger partial charge in [-0.15, -0.1) is 0 Å². The fourth-order valence-corrected chi connectivity index (χ4v) is 3.86. The maximum Gasteiger partial charge on any atom is 0.182 e. The van der Waals surface area contributed by atoms with Crippen LogP contribution in [0.15, 0.2) is 41.0 Å². The maximum atomic E-state index is 12.7. The molecule has 0 heterocycles. The Morgan fingerprint density at radius 3 is 1.90 bits per heavy atom. The molecule has 2 heteroatoms. The molecule has 158 valence electrons. The molecule has 1 aromatic carbocycles. The molecule has 1 aromatic rings. The van der Waals surface area contributed by atoms with E-state index in [1.807, 2.05) is 12.1 Å². The molecule has 1 N–H and O–H groups in total. The Bertz CT molecular complexity index is 892. The van der Waals surface area contributed by atoms with Crippen LogP contribution in [0.5, 0.6) is 5.75 Å². The third-order valence-corrected chi connectivity index (χ3v) is 5.55. The lowest BCUT2D eigenvalue weighted by atomic mass is 9.75. The normalized spacial score (nSPS) is 17.2. The van der Waals surface area contributed by atoms with Crippen molar-refractivity contribution in [3.05, 3.63) is 57.7 Å². The predicted molar refractivity (Wildman–Crippen MR) is 124 cm³/mol. The third kappa shape index (κ3) is 5.10. The van der Waals surface area contributed by atoms with Gasteiger partial charge < -0.3 is 5.11 Å². The first-order chi connectivity index (χ1) is 13.1. The summed E-state index contributed by atoms with van der Waals surface area (Å²) in [5.74, 6) is 0.882. The molecule has 0 atom stereocenters. The summed E-state index contributed by atoms with van der Waals surface area (Å²) in [6.45, 7) is 21.3. The Morgan fingerprint density at radius 2 is 1.45 bits per heavy atom. The lowest BCUT2D eigenvalue weighted by Crippen LogP contribution is -2.19. The summed E-state index contributed by atoms with van der Waals surface area (Å²) in [5.41, 5.74) is 5.92. The SMILES string of the molecule is CC(C)C1=CC(=Cc2cc(C(C)C)c(O)cc2C(C)(C)C)C(C(C)(C)C)=CC1=O. The predicted octanol–water partition coefficient (Wildman–Crippen LogP) is 7.33. The average molecular weight is 395 g/mol. The summed E-state index contributed by atoms with van der Waals surface area (Å²) in [7, 11) is 0. The molecule has 0 bridgehead atoms. The number of hydrogen-bond acceptors (Lipinski definition) is 2. The van der Waals surface area contributed by atoms with Gasteiger partial charge in [-0.3, -0.25) is 4.79 Å². The second-order valence-corrected chi connectivity index (χ2v) is 10.9. The van der Waals surface area contributed by atoms with Gasteiger partial charge in [-0.2, -0.15) is 0 Å². The monoisotopic (exact) mass is 394 g/mol. The third-order valence-electron chi connectivity index (χ3n) is 5.55. The molecule has 0 radical (unpaired) electrons. The van der Waals surface area contributed by atoms with Gasteiger partial charge in [-0.25, -0.2) is 0 Å². The summed E-state index contributed by atoms with van der Waals surface area (Å²) in [4.78, 5) is 12.7. The highest BCUT2D eigenvalue weighted by atomic mass is 16.3. The van der Waals surface area contributed by atoms with Crippen LogP contribution in [-0.4, -0.2) is 10.9 Å². The zero-order valence-electron chi connectivity index (χ0n) is 19.9. The quantitative estimate of drug-likeness (QED) is 0.582. The van der Waals surface area contributed by atoms with Crippen molar-refractivity contribution in [2.24, 2.45) is 11.3 Å². The van der Waals surface area contributed by atoms with Crippen LogP contribution in [0.2, 0.25) is 0 Å². The summed E-state index contributed by atoms with van der Waals surface area (Å²) in [5, 5.41) is 10.6. The minimum absolute atomic E-state index is 0.111. The summed E-state index contributed by atoms with van der Waals surface area (Å²) >= 11 is 0. The fraction of sp³-hybridized carbons (Fsp3) is 0.519. The van der Waals surface area contributed by atoms with Crippen molar-refractivity contribution in [1.82, 2.24) is 0 Å². The zero-order chi connectivity index (χ0) is 22.3. The van der Waals surface area contributed by atoms with E-state index in [-0.39, 0.29) is 28.4 Å². The van der Waals surface area contributed by atoms with Crippen molar-refractivity contribution in [2.45, 2.75) is 80.6 Å². The Labute approximate surface area is 177 Å². The van der Waals surface area contributed by atoms with Gasteiger partial charge in [0.2, 0.25) is 0 Å². The van der Waals surface area contributed by atoms with Gasteiger partial charge in [0, 0.05) is 5.57 Å². The van der Waals surface area contributed by atoms with Crippen molar-refractivity contribution in [3.63, 3.8) is 0 Å². The van der Waals surface area contributed by atoms with E-state index < -0.39 is 0 Å². The summed E-state index contributed by atoms with van der Waals surface area (Å²) < 4.78 is 0. The standard InChI is InChI=1S/C27H38O2/c1-16(2)20-12-18(22(14-24(20)28)26(5,6)7)11-19-13-21(17(3)4)25(29)15-23(19)27(8,9)10/h11-17,28H,1-10H3. The number of rotatable bonds is 3. The van der Waals surface area contributed by atoms with E-state index in [0.29, 0.717) is 5.75 Å². The molecule has 0 saturated heterocycles. The topological polar surface area (TPSA) is 37.3 Å². The van der Waals surface area contributed by atoms with Gasteiger partial charge in [0.25, 0.3) is 0 Å². The first-order valence-corrected chi connectivity index (χ1v) is 10.7. The molecule has 2 nitrogen and oxygen atoms in total. The molecule has 0 saturated carbocycles. The molecule has 0 spiro atoms. The number of benzene rings is 1. The number of carbonyl (C=O) groups is 1. The lowest BCUT2D eigenvalue weighted by molar-refractivity contribution is -0.111. The summed E-state index contributed by atoms with van der Waals surface area (Å²) in [6, 6.07) is 4.04. The Balaban J connectivity index is 2.82. The van der Waals surface area contributed by atoms with Gasteiger partial charge in [0.1, 0.15) is 5.75 Å². The van der Waals surface area contributed by atoms with Crippen LogP contribution in [0, 0.1) is 11.3 Å². The van der Waals surface area contributed by atoms with Crippen LogP contribution < -0.4 is 0 Å². The van der Waals surface area contributed by atoms with E-state index in [9.17, 15) is 9.90 Å². The second-order valence-electron chi connectivity index (χ2n) is 10.9. The molecule has 2 rings (SSSR count). The molecule has 0 fully saturated rings. The molecule has 1 aliphatic carbocycles. The van der Waals surface area contributed by atoms with Crippen molar-refractivity contribution in [3.8, 4) is 5.75 Å². The highest BCUT2D eigenvalue weighted by Gasteiger charge is 2.28. The van der Waals surface area contributed by atoms with Crippen LogP contribution >= 0.6 is 0 Å². The first kappa shape index (κ1) is 23.2. The second kappa shape index (κ2) is 7.97. The van der Waals surface area contributed by atoms with Crippen LogP contribution in [0.4, 0.5) is 0 Å². The van der Waals surface area contributed by atoms with Crippen molar-refractivity contribution in [1.29, 1.82) is 0 Å². The molecular formula is C27H38O2. The van der Waals surface area contributed by atoms with E-state index in [1.165, 1.54) is 0 Å². The number of aromatic hydroxyl groups is 1. The largest absolute Gasteiger partial charge is 0.508 e. The molecule has 0 aliphatic heterocycles. The number of phenols is 1. The number of ketones is 1. The molecule has 0 aromatic heterocycles. The number of hydrogen-bond donors (Lipinski definition) is 1. The smallest absolute Gasteiger partial charge is 0.182 e. The summed E-state index contributed by atoms with van der Waals surface area (Å²) in [6.07, 6.45) is 6.10. The molecule has 0 unspecified atom stereocenters. The van der Waals surface area contributed by atoms with Crippen LogP contribution in [-0.2, 0) is 10.2 Å². The zero-order valence-corrected chi connectivity index (χ0v) is 19.9. The maximum absolute atomic E-state index is 12.7. The van der Waals surface area contributed by atoms with Gasteiger partial charge in [-0.05, 0) is 80.9 Å². The van der Waals surface area contributed by atoms with E-state index in [4.69, 9.17) is 0 Å². The average Bonchev–Trinajstić information content (AvgIpc) is 2.54. The van der Waals surface area contributed by atoms with E-state index in [1.54, 1.807) is 0 Å². The van der Waals surface area contributed by atoms with E-state index >= 15 is 0 Å². The van der Waals surface area contributed by atoms with Crippen LogP contribution in [0.3, 0.4) is 0 Å².